The number of hydrogen-bond acceptors (Lipinski definition) is 4. The topological polar surface area (TPSA) is 62.7 Å². The Morgan fingerprint density at radius 1 is 1.40 bits per heavy atom. The van der Waals surface area contributed by atoms with Crippen molar-refractivity contribution in [2.24, 2.45) is 11.8 Å². The molecule has 0 bridgehead atoms. The lowest BCUT2D eigenvalue weighted by molar-refractivity contribution is -0.135. The molecular formula is C19H27N3O3. The third-order valence-corrected chi connectivity index (χ3v) is 4.99. The number of carbonyl (C=O) groups is 2. The van der Waals surface area contributed by atoms with Crippen LogP contribution in [0.15, 0.2) is 24.5 Å². The van der Waals surface area contributed by atoms with Crippen molar-refractivity contribution in [3.63, 3.8) is 0 Å². The Hall–Kier alpha value is -2.11. The first-order chi connectivity index (χ1) is 12.0. The third-order valence-electron chi connectivity index (χ3n) is 4.99. The van der Waals surface area contributed by atoms with Gasteiger partial charge in [0.1, 0.15) is 5.75 Å². The van der Waals surface area contributed by atoms with Gasteiger partial charge in [0.2, 0.25) is 5.91 Å². The number of aromatic nitrogens is 1. The van der Waals surface area contributed by atoms with Crippen molar-refractivity contribution >= 4 is 11.8 Å². The number of rotatable bonds is 6. The van der Waals surface area contributed by atoms with Crippen molar-refractivity contribution in [1.29, 1.82) is 0 Å². The third kappa shape index (κ3) is 4.71. The van der Waals surface area contributed by atoms with Crippen LogP contribution in [0, 0.1) is 11.8 Å². The maximum atomic E-state index is 12.6. The normalized spacial score (nSPS) is 21.4. The van der Waals surface area contributed by atoms with E-state index < -0.39 is 0 Å². The molecule has 136 valence electrons. The van der Waals surface area contributed by atoms with Crippen LogP contribution in [0.2, 0.25) is 0 Å². The van der Waals surface area contributed by atoms with E-state index in [9.17, 15) is 9.59 Å². The first kappa shape index (κ1) is 17.7. The highest BCUT2D eigenvalue weighted by Crippen LogP contribution is 2.32. The van der Waals surface area contributed by atoms with Gasteiger partial charge in [0.25, 0.3) is 5.91 Å². The maximum absolute atomic E-state index is 12.6. The van der Waals surface area contributed by atoms with Crippen molar-refractivity contribution in [1.82, 2.24) is 14.8 Å². The van der Waals surface area contributed by atoms with E-state index >= 15 is 0 Å². The van der Waals surface area contributed by atoms with Gasteiger partial charge in [0, 0.05) is 32.3 Å². The molecule has 25 heavy (non-hydrogen) atoms. The number of hydrogen-bond donors (Lipinski definition) is 0. The molecule has 0 spiro atoms. The quantitative estimate of drug-likeness (QED) is 0.791. The summed E-state index contributed by atoms with van der Waals surface area (Å²) in [5, 5.41) is 0. The van der Waals surface area contributed by atoms with Crippen LogP contribution >= 0.6 is 0 Å². The van der Waals surface area contributed by atoms with E-state index in [0.717, 1.165) is 6.54 Å². The molecule has 3 rings (SSSR count). The summed E-state index contributed by atoms with van der Waals surface area (Å²) in [6, 6.07) is 3.63. The van der Waals surface area contributed by atoms with Crippen LogP contribution in [0.3, 0.4) is 0 Å². The zero-order chi connectivity index (χ0) is 17.8. The van der Waals surface area contributed by atoms with Crippen LogP contribution in [0.4, 0.5) is 0 Å². The van der Waals surface area contributed by atoms with Gasteiger partial charge >= 0.3 is 0 Å². The van der Waals surface area contributed by atoms with Crippen LogP contribution < -0.4 is 4.74 Å². The number of carbonyl (C=O) groups excluding carboxylic acids is 2. The lowest BCUT2D eigenvalue weighted by Crippen LogP contribution is -2.48. The van der Waals surface area contributed by atoms with Crippen LogP contribution in [0.5, 0.6) is 5.75 Å². The summed E-state index contributed by atoms with van der Waals surface area (Å²) in [7, 11) is 0. The molecule has 2 aliphatic rings. The average molecular weight is 345 g/mol. The van der Waals surface area contributed by atoms with Crippen molar-refractivity contribution in [2.45, 2.75) is 39.2 Å². The molecule has 0 radical (unpaired) electrons. The van der Waals surface area contributed by atoms with Gasteiger partial charge < -0.3 is 14.5 Å². The van der Waals surface area contributed by atoms with Crippen LogP contribution in [0.1, 0.15) is 33.1 Å². The van der Waals surface area contributed by atoms with E-state index in [1.165, 1.54) is 12.8 Å². The minimum atomic E-state index is -0.0735. The van der Waals surface area contributed by atoms with Gasteiger partial charge in [0.15, 0.2) is 6.61 Å². The maximum Gasteiger partial charge on any atom is 0.260 e. The molecule has 1 saturated heterocycles. The summed E-state index contributed by atoms with van der Waals surface area (Å²) in [6.45, 7) is 6.13. The van der Waals surface area contributed by atoms with E-state index in [1.54, 1.807) is 29.4 Å². The number of nitrogens with zero attached hydrogens (tertiary/aromatic N) is 3. The Morgan fingerprint density at radius 2 is 2.20 bits per heavy atom. The second-order valence-corrected chi connectivity index (χ2v) is 7.37. The summed E-state index contributed by atoms with van der Waals surface area (Å²) >= 11 is 0. The van der Waals surface area contributed by atoms with Crippen molar-refractivity contribution < 1.29 is 14.3 Å². The van der Waals surface area contributed by atoms with Gasteiger partial charge in [-0.25, -0.2) is 0 Å². The highest BCUT2D eigenvalue weighted by atomic mass is 16.5. The molecular weight excluding hydrogens is 318 g/mol. The molecule has 2 amide bonds. The van der Waals surface area contributed by atoms with Gasteiger partial charge in [-0.05, 0) is 36.8 Å². The predicted octanol–water partition coefficient (Wildman–Crippen LogP) is 1.96. The van der Waals surface area contributed by atoms with Gasteiger partial charge in [0.05, 0.1) is 12.2 Å². The summed E-state index contributed by atoms with van der Waals surface area (Å²) in [5.41, 5.74) is 0. The lowest BCUT2D eigenvalue weighted by atomic mass is 10.0. The van der Waals surface area contributed by atoms with E-state index in [-0.39, 0.29) is 24.5 Å². The highest BCUT2D eigenvalue weighted by molar-refractivity contribution is 5.81. The molecule has 6 nitrogen and oxygen atoms in total. The first-order valence-electron chi connectivity index (χ1n) is 9.14. The van der Waals surface area contributed by atoms with Crippen molar-refractivity contribution in [3.8, 4) is 5.75 Å². The Labute approximate surface area is 149 Å². The Balaban J connectivity index is 1.63. The molecule has 0 unspecified atom stereocenters. The second-order valence-electron chi connectivity index (χ2n) is 7.37. The van der Waals surface area contributed by atoms with E-state index in [1.807, 2.05) is 4.90 Å². The minimum Gasteiger partial charge on any atom is -0.482 e. The van der Waals surface area contributed by atoms with E-state index in [0.29, 0.717) is 37.1 Å². The van der Waals surface area contributed by atoms with Crippen LogP contribution in [-0.2, 0) is 9.59 Å². The molecule has 1 aliphatic carbocycles. The van der Waals surface area contributed by atoms with Gasteiger partial charge in [-0.2, -0.15) is 0 Å². The van der Waals surface area contributed by atoms with E-state index in [4.69, 9.17) is 4.74 Å². The van der Waals surface area contributed by atoms with Crippen LogP contribution in [0.25, 0.3) is 0 Å². The molecule has 1 aromatic heterocycles. The molecule has 2 fully saturated rings. The van der Waals surface area contributed by atoms with Crippen LogP contribution in [-0.4, -0.2) is 58.9 Å². The first-order valence-corrected chi connectivity index (χ1v) is 9.14. The number of pyridine rings is 1. The van der Waals surface area contributed by atoms with E-state index in [2.05, 4.69) is 18.8 Å². The summed E-state index contributed by atoms with van der Waals surface area (Å²) < 4.78 is 5.53. The fourth-order valence-electron chi connectivity index (χ4n) is 3.26. The number of amides is 2. The molecule has 1 atom stereocenters. The smallest absolute Gasteiger partial charge is 0.260 e. The summed E-state index contributed by atoms with van der Waals surface area (Å²) in [6.07, 6.45) is 6.09. The Kier molecular flexibility index (Phi) is 5.56. The zero-order valence-corrected chi connectivity index (χ0v) is 15.1. The molecule has 1 saturated carbocycles. The number of ether oxygens (including phenoxy) is 1. The minimum absolute atomic E-state index is 0.0205. The highest BCUT2D eigenvalue weighted by Gasteiger charge is 2.36. The summed E-state index contributed by atoms with van der Waals surface area (Å²) in [4.78, 5) is 33.0. The SMILES string of the molecule is CC(C)[C@H]1CN(C(=O)COc2cccnc2)CCC(=O)N1CC1CC1. The fourth-order valence-corrected chi connectivity index (χ4v) is 3.26. The Bertz CT molecular complexity index is 601. The largest absolute Gasteiger partial charge is 0.482 e. The van der Waals surface area contributed by atoms with Gasteiger partial charge in [-0.15, -0.1) is 0 Å². The van der Waals surface area contributed by atoms with Crippen molar-refractivity contribution in [2.75, 3.05) is 26.2 Å². The lowest BCUT2D eigenvalue weighted by Gasteiger charge is -2.34. The molecule has 0 N–H and O–H groups in total. The molecule has 6 heteroatoms. The Morgan fingerprint density at radius 3 is 2.84 bits per heavy atom. The van der Waals surface area contributed by atoms with Crippen molar-refractivity contribution in [3.05, 3.63) is 24.5 Å². The molecule has 0 aromatic carbocycles. The molecule has 1 aliphatic heterocycles. The average Bonchev–Trinajstić information content (AvgIpc) is 3.43. The van der Waals surface area contributed by atoms with Gasteiger partial charge in [-0.3, -0.25) is 14.6 Å². The zero-order valence-electron chi connectivity index (χ0n) is 15.1. The molecule has 1 aromatic rings. The summed E-state index contributed by atoms with van der Waals surface area (Å²) in [5.74, 6) is 1.65. The monoisotopic (exact) mass is 345 g/mol. The fraction of sp³-hybridized carbons (Fsp3) is 0.632. The second kappa shape index (κ2) is 7.85. The standard InChI is InChI=1S/C19H27N3O3/c1-14(2)17-12-21(9-7-18(23)22(17)11-15-5-6-15)19(24)13-25-16-4-3-8-20-10-16/h3-4,8,10,14-15,17H,5-7,9,11-13H2,1-2H3/t17-/m1/s1. The van der Waals surface area contributed by atoms with Gasteiger partial charge in [-0.1, -0.05) is 13.8 Å². The predicted molar refractivity (Wildman–Crippen MR) is 94.0 cm³/mol. The molecule has 2 heterocycles.